The zero-order valence-corrected chi connectivity index (χ0v) is 12.7. The Bertz CT molecular complexity index is 752. The molecule has 0 atom stereocenters. The van der Waals surface area contributed by atoms with Crippen LogP contribution in [0.15, 0.2) is 18.2 Å². The Morgan fingerprint density at radius 1 is 1.41 bits per heavy atom. The van der Waals surface area contributed by atoms with Gasteiger partial charge in [0.15, 0.2) is 0 Å². The molecule has 1 N–H and O–H groups in total. The Morgan fingerprint density at radius 2 is 2.09 bits per heavy atom. The van der Waals surface area contributed by atoms with Crippen LogP contribution in [0.1, 0.15) is 21.7 Å². The Hall–Kier alpha value is -2.90. The normalized spacial score (nSPS) is 10.4. The van der Waals surface area contributed by atoms with Gasteiger partial charge in [0.2, 0.25) is 5.69 Å². The Balaban J connectivity index is 2.43. The molecule has 0 saturated carbocycles. The second-order valence-electron chi connectivity index (χ2n) is 4.82. The highest BCUT2D eigenvalue weighted by Gasteiger charge is 2.29. The van der Waals surface area contributed by atoms with E-state index in [-0.39, 0.29) is 17.1 Å². The van der Waals surface area contributed by atoms with Gasteiger partial charge < -0.3 is 10.1 Å². The summed E-state index contributed by atoms with van der Waals surface area (Å²) in [6, 6.07) is 5.28. The van der Waals surface area contributed by atoms with E-state index in [1.165, 1.54) is 25.8 Å². The topological polar surface area (TPSA) is 99.3 Å². The van der Waals surface area contributed by atoms with Gasteiger partial charge in [0.1, 0.15) is 11.4 Å². The maximum Gasteiger partial charge on any atom is 0.322 e. The monoisotopic (exact) mass is 304 g/mol. The number of rotatable bonds is 4. The molecule has 2 aromatic rings. The molecule has 8 heteroatoms. The van der Waals surface area contributed by atoms with Crippen LogP contribution in [0.25, 0.3) is 0 Å². The maximum atomic E-state index is 12.4. The minimum absolute atomic E-state index is 0.106. The highest BCUT2D eigenvalue weighted by Crippen LogP contribution is 2.28. The fourth-order valence-corrected chi connectivity index (χ4v) is 2.22. The minimum atomic E-state index is -0.612. The second-order valence-corrected chi connectivity index (χ2v) is 4.82. The van der Waals surface area contributed by atoms with Gasteiger partial charge in [-0.2, -0.15) is 5.10 Å². The molecule has 1 aromatic heterocycles. The smallest absolute Gasteiger partial charge is 0.322 e. The van der Waals surface area contributed by atoms with E-state index in [2.05, 4.69) is 10.4 Å². The third-order valence-electron chi connectivity index (χ3n) is 3.19. The number of methoxy groups -OCH3 is 1. The first kappa shape index (κ1) is 15.5. The van der Waals surface area contributed by atoms with Crippen molar-refractivity contribution in [3.05, 3.63) is 45.3 Å². The van der Waals surface area contributed by atoms with E-state index >= 15 is 0 Å². The third-order valence-corrected chi connectivity index (χ3v) is 3.19. The summed E-state index contributed by atoms with van der Waals surface area (Å²) in [5.41, 5.74) is 1.15. The number of aromatic nitrogens is 2. The summed E-state index contributed by atoms with van der Waals surface area (Å²) in [7, 11) is 2.97. The number of ether oxygens (including phenoxy) is 1. The largest absolute Gasteiger partial charge is 0.495 e. The summed E-state index contributed by atoms with van der Waals surface area (Å²) in [6.45, 7) is 3.36. The van der Waals surface area contributed by atoms with E-state index < -0.39 is 10.8 Å². The molecule has 1 heterocycles. The van der Waals surface area contributed by atoms with Crippen LogP contribution < -0.4 is 10.1 Å². The standard InChI is InChI=1S/C14H16N4O4/c1-8-5-6-11(22-4)10(7-8)15-14(19)13-12(18(20)21)9(2)16-17(13)3/h5-7H,1-4H3,(H,15,19). The number of benzene rings is 1. The average Bonchev–Trinajstić information content (AvgIpc) is 2.73. The molecule has 0 bridgehead atoms. The summed E-state index contributed by atoms with van der Waals surface area (Å²) in [5.74, 6) is -0.140. The van der Waals surface area contributed by atoms with Crippen molar-refractivity contribution in [2.24, 2.45) is 7.05 Å². The molecule has 0 saturated heterocycles. The molecule has 0 unspecified atom stereocenters. The maximum absolute atomic E-state index is 12.4. The minimum Gasteiger partial charge on any atom is -0.495 e. The fraction of sp³-hybridized carbons (Fsp3) is 0.286. The molecule has 1 amide bonds. The summed E-state index contributed by atoms with van der Waals surface area (Å²) < 4.78 is 6.38. The van der Waals surface area contributed by atoms with Crippen molar-refractivity contribution in [2.75, 3.05) is 12.4 Å². The lowest BCUT2D eigenvalue weighted by Gasteiger charge is -2.10. The zero-order chi connectivity index (χ0) is 16.4. The van der Waals surface area contributed by atoms with Crippen LogP contribution in [-0.4, -0.2) is 27.7 Å². The summed E-state index contributed by atoms with van der Waals surface area (Å²) >= 11 is 0. The second kappa shape index (κ2) is 5.84. The number of nitro groups is 1. The van der Waals surface area contributed by atoms with Gasteiger partial charge in [-0.15, -0.1) is 0 Å². The third kappa shape index (κ3) is 2.76. The number of hydrogen-bond donors (Lipinski definition) is 1. The highest BCUT2D eigenvalue weighted by atomic mass is 16.6. The number of carbonyl (C=O) groups is 1. The first-order valence-corrected chi connectivity index (χ1v) is 6.49. The average molecular weight is 304 g/mol. The lowest BCUT2D eigenvalue weighted by atomic mass is 10.2. The zero-order valence-electron chi connectivity index (χ0n) is 12.7. The van der Waals surface area contributed by atoms with E-state index in [0.29, 0.717) is 11.4 Å². The van der Waals surface area contributed by atoms with Crippen LogP contribution in [0.3, 0.4) is 0 Å². The van der Waals surface area contributed by atoms with E-state index in [0.717, 1.165) is 5.56 Å². The molecule has 0 aliphatic carbocycles. The van der Waals surface area contributed by atoms with Gasteiger partial charge in [-0.25, -0.2) is 0 Å². The van der Waals surface area contributed by atoms with Crippen LogP contribution in [0.4, 0.5) is 11.4 Å². The van der Waals surface area contributed by atoms with Crippen LogP contribution in [0.5, 0.6) is 5.75 Å². The number of nitrogens with zero attached hydrogens (tertiary/aromatic N) is 3. The van der Waals surface area contributed by atoms with Gasteiger partial charge in [0.05, 0.1) is 17.7 Å². The summed E-state index contributed by atoms with van der Waals surface area (Å²) in [4.78, 5) is 23.0. The predicted molar refractivity (Wildman–Crippen MR) is 80.3 cm³/mol. The predicted octanol–water partition coefficient (Wildman–Crippen LogP) is 2.21. The van der Waals surface area contributed by atoms with Crippen LogP contribution in [0.2, 0.25) is 0 Å². The molecule has 8 nitrogen and oxygen atoms in total. The Morgan fingerprint density at radius 3 is 2.68 bits per heavy atom. The number of aryl methyl sites for hydroxylation is 3. The van der Waals surface area contributed by atoms with Crippen molar-refractivity contribution in [3.63, 3.8) is 0 Å². The van der Waals surface area contributed by atoms with Crippen molar-refractivity contribution in [2.45, 2.75) is 13.8 Å². The van der Waals surface area contributed by atoms with Gasteiger partial charge in [-0.1, -0.05) is 6.07 Å². The summed E-state index contributed by atoms with van der Waals surface area (Å²) in [6.07, 6.45) is 0. The van der Waals surface area contributed by atoms with Gasteiger partial charge in [0, 0.05) is 7.05 Å². The SMILES string of the molecule is COc1ccc(C)cc1NC(=O)c1c([N+](=O)[O-])c(C)nn1C. The van der Waals surface area contributed by atoms with E-state index in [1.54, 1.807) is 12.1 Å². The molecule has 1 aromatic carbocycles. The van der Waals surface area contributed by atoms with Crippen molar-refractivity contribution in [1.82, 2.24) is 9.78 Å². The molecule has 0 aliphatic rings. The van der Waals surface area contributed by atoms with Gasteiger partial charge in [-0.05, 0) is 31.5 Å². The van der Waals surface area contributed by atoms with Crippen molar-refractivity contribution < 1.29 is 14.5 Å². The number of anilines is 1. The lowest BCUT2D eigenvalue weighted by molar-refractivity contribution is -0.385. The molecule has 0 fully saturated rings. The molecule has 0 spiro atoms. The Labute approximate surface area is 126 Å². The molecule has 0 radical (unpaired) electrons. The molecule has 116 valence electrons. The first-order valence-electron chi connectivity index (χ1n) is 6.49. The fourth-order valence-electron chi connectivity index (χ4n) is 2.22. The molecule has 0 aliphatic heterocycles. The van der Waals surface area contributed by atoms with E-state index in [1.807, 2.05) is 13.0 Å². The summed E-state index contributed by atoms with van der Waals surface area (Å²) in [5, 5.41) is 17.7. The van der Waals surface area contributed by atoms with E-state index in [4.69, 9.17) is 4.74 Å². The molecular formula is C14H16N4O4. The van der Waals surface area contributed by atoms with Crippen molar-refractivity contribution in [1.29, 1.82) is 0 Å². The van der Waals surface area contributed by atoms with Crippen molar-refractivity contribution >= 4 is 17.3 Å². The quantitative estimate of drug-likeness (QED) is 0.689. The highest BCUT2D eigenvalue weighted by molar-refractivity contribution is 6.06. The lowest BCUT2D eigenvalue weighted by Crippen LogP contribution is -2.18. The number of nitrogens with one attached hydrogen (secondary N) is 1. The van der Waals surface area contributed by atoms with Gasteiger partial charge >= 0.3 is 5.69 Å². The molecule has 2 rings (SSSR count). The van der Waals surface area contributed by atoms with E-state index in [9.17, 15) is 14.9 Å². The number of carbonyl (C=O) groups excluding carboxylic acids is 1. The van der Waals surface area contributed by atoms with Gasteiger partial charge in [0.25, 0.3) is 5.91 Å². The van der Waals surface area contributed by atoms with Gasteiger partial charge in [-0.3, -0.25) is 19.6 Å². The van der Waals surface area contributed by atoms with Crippen LogP contribution in [0, 0.1) is 24.0 Å². The van der Waals surface area contributed by atoms with Crippen LogP contribution in [-0.2, 0) is 7.05 Å². The Kier molecular flexibility index (Phi) is 4.11. The number of amides is 1. The first-order chi connectivity index (χ1) is 10.3. The molecular weight excluding hydrogens is 288 g/mol. The number of hydrogen-bond acceptors (Lipinski definition) is 5. The van der Waals surface area contributed by atoms with Crippen molar-refractivity contribution in [3.8, 4) is 5.75 Å². The molecule has 22 heavy (non-hydrogen) atoms. The van der Waals surface area contributed by atoms with Crippen LogP contribution >= 0.6 is 0 Å².